The van der Waals surface area contributed by atoms with Gasteiger partial charge in [0.05, 0.1) is 6.61 Å². The minimum atomic E-state index is -1.05. The molecule has 106 valence electrons. The number of carbonyl (C=O) groups is 1. The van der Waals surface area contributed by atoms with Crippen molar-refractivity contribution in [2.75, 3.05) is 13.2 Å². The SMILES string of the molecule is O=C(CCCc1ccc(O)cc1O)OCC(O)CO. The zero-order chi connectivity index (χ0) is 14.3. The molecule has 1 aromatic rings. The molecular formula is C13H18O6. The second kappa shape index (κ2) is 7.60. The lowest BCUT2D eigenvalue weighted by molar-refractivity contribution is -0.147. The van der Waals surface area contributed by atoms with Crippen molar-refractivity contribution in [3.05, 3.63) is 23.8 Å². The van der Waals surface area contributed by atoms with Crippen molar-refractivity contribution in [3.63, 3.8) is 0 Å². The van der Waals surface area contributed by atoms with Crippen molar-refractivity contribution < 1.29 is 30.0 Å². The highest BCUT2D eigenvalue weighted by atomic mass is 16.5. The molecule has 0 aromatic heterocycles. The third-order valence-electron chi connectivity index (χ3n) is 2.54. The maximum atomic E-state index is 11.3. The summed E-state index contributed by atoms with van der Waals surface area (Å²) in [5.41, 5.74) is 0.640. The lowest BCUT2D eigenvalue weighted by atomic mass is 10.1. The van der Waals surface area contributed by atoms with Gasteiger partial charge in [0.2, 0.25) is 0 Å². The van der Waals surface area contributed by atoms with Gasteiger partial charge < -0.3 is 25.2 Å². The van der Waals surface area contributed by atoms with Gasteiger partial charge in [-0.15, -0.1) is 0 Å². The molecule has 0 aliphatic carbocycles. The number of ether oxygens (including phenoxy) is 1. The number of hydrogen-bond donors (Lipinski definition) is 4. The zero-order valence-corrected chi connectivity index (χ0v) is 10.5. The first-order valence-electron chi connectivity index (χ1n) is 5.98. The summed E-state index contributed by atoms with van der Waals surface area (Å²) in [6.45, 7) is -0.672. The quantitative estimate of drug-likeness (QED) is 0.531. The van der Waals surface area contributed by atoms with Gasteiger partial charge in [0.15, 0.2) is 0 Å². The Bertz CT molecular complexity index is 418. The van der Waals surface area contributed by atoms with Gasteiger partial charge in [-0.05, 0) is 24.5 Å². The topological polar surface area (TPSA) is 107 Å². The molecule has 6 heteroatoms. The zero-order valence-electron chi connectivity index (χ0n) is 10.5. The fourth-order valence-corrected chi connectivity index (χ4v) is 1.50. The number of aryl methyl sites for hydroxylation is 1. The predicted octanol–water partition coefficient (Wildman–Crippen LogP) is 0.317. The molecule has 0 bridgehead atoms. The number of phenols is 2. The third-order valence-corrected chi connectivity index (χ3v) is 2.54. The first-order chi connectivity index (χ1) is 9.02. The summed E-state index contributed by atoms with van der Waals surface area (Å²) < 4.78 is 4.73. The molecule has 0 saturated carbocycles. The van der Waals surface area contributed by atoms with E-state index < -0.39 is 18.7 Å². The summed E-state index contributed by atoms with van der Waals surface area (Å²) in [5.74, 6) is -0.492. The molecular weight excluding hydrogens is 252 g/mol. The van der Waals surface area contributed by atoms with Crippen LogP contribution in [0.5, 0.6) is 11.5 Å². The van der Waals surface area contributed by atoms with Crippen LogP contribution >= 0.6 is 0 Å². The first-order valence-corrected chi connectivity index (χ1v) is 5.98. The van der Waals surface area contributed by atoms with E-state index in [-0.39, 0.29) is 24.5 Å². The molecule has 1 aromatic carbocycles. The Morgan fingerprint density at radius 3 is 2.68 bits per heavy atom. The molecule has 1 rings (SSSR count). The highest BCUT2D eigenvalue weighted by Crippen LogP contribution is 2.23. The minimum Gasteiger partial charge on any atom is -0.508 e. The molecule has 0 fully saturated rings. The van der Waals surface area contributed by atoms with Gasteiger partial charge in [0.25, 0.3) is 0 Å². The molecule has 0 spiro atoms. The molecule has 19 heavy (non-hydrogen) atoms. The maximum absolute atomic E-state index is 11.3. The van der Waals surface area contributed by atoms with E-state index in [4.69, 9.17) is 20.1 Å². The summed E-state index contributed by atoms with van der Waals surface area (Å²) >= 11 is 0. The molecule has 0 heterocycles. The lowest BCUT2D eigenvalue weighted by Crippen LogP contribution is -2.21. The summed E-state index contributed by atoms with van der Waals surface area (Å²) in [4.78, 5) is 11.3. The van der Waals surface area contributed by atoms with Crippen LogP contribution in [0.4, 0.5) is 0 Å². The molecule has 1 unspecified atom stereocenters. The number of carbonyl (C=O) groups excluding carboxylic acids is 1. The van der Waals surface area contributed by atoms with Crippen LogP contribution in [0.2, 0.25) is 0 Å². The summed E-state index contributed by atoms with van der Waals surface area (Å²) in [7, 11) is 0. The molecule has 0 amide bonds. The Labute approximate surface area is 110 Å². The fourth-order valence-electron chi connectivity index (χ4n) is 1.50. The molecule has 6 nitrogen and oxygen atoms in total. The van der Waals surface area contributed by atoms with Crippen molar-refractivity contribution in [2.24, 2.45) is 0 Å². The predicted molar refractivity (Wildman–Crippen MR) is 66.8 cm³/mol. The van der Waals surface area contributed by atoms with E-state index in [1.807, 2.05) is 0 Å². The second-order valence-electron chi connectivity index (χ2n) is 4.19. The number of phenolic OH excluding ortho intramolecular Hbond substituents is 2. The van der Waals surface area contributed by atoms with E-state index in [0.717, 1.165) is 0 Å². The average Bonchev–Trinajstić information content (AvgIpc) is 2.38. The number of rotatable bonds is 7. The molecule has 0 aliphatic rings. The van der Waals surface area contributed by atoms with Crippen LogP contribution < -0.4 is 0 Å². The number of aromatic hydroxyl groups is 2. The Balaban J connectivity index is 2.28. The van der Waals surface area contributed by atoms with Crippen LogP contribution in [0.3, 0.4) is 0 Å². The summed E-state index contributed by atoms with van der Waals surface area (Å²) in [6.07, 6.45) is 0.0549. The highest BCUT2D eigenvalue weighted by molar-refractivity contribution is 5.69. The van der Waals surface area contributed by atoms with Crippen LogP contribution in [-0.2, 0) is 16.0 Å². The fraction of sp³-hybridized carbons (Fsp3) is 0.462. The van der Waals surface area contributed by atoms with E-state index in [0.29, 0.717) is 18.4 Å². The van der Waals surface area contributed by atoms with Gasteiger partial charge in [-0.1, -0.05) is 6.07 Å². The molecule has 0 aliphatic heterocycles. The number of hydrogen-bond acceptors (Lipinski definition) is 6. The van der Waals surface area contributed by atoms with Crippen molar-refractivity contribution in [1.82, 2.24) is 0 Å². The van der Waals surface area contributed by atoms with Crippen LogP contribution in [0.25, 0.3) is 0 Å². The van der Waals surface area contributed by atoms with E-state index >= 15 is 0 Å². The van der Waals surface area contributed by atoms with E-state index in [2.05, 4.69) is 0 Å². The summed E-state index contributed by atoms with van der Waals surface area (Å²) in [6, 6.07) is 4.29. The smallest absolute Gasteiger partial charge is 0.305 e. The van der Waals surface area contributed by atoms with Gasteiger partial charge in [-0.3, -0.25) is 4.79 Å². The van der Waals surface area contributed by atoms with Gasteiger partial charge in [0, 0.05) is 12.5 Å². The monoisotopic (exact) mass is 270 g/mol. The standard InChI is InChI=1S/C13H18O6/c14-7-11(16)8-19-13(18)3-1-2-9-4-5-10(15)6-12(9)17/h4-6,11,14-17H,1-3,7-8H2. The number of esters is 1. The first kappa shape index (κ1) is 15.3. The van der Waals surface area contributed by atoms with Gasteiger partial charge >= 0.3 is 5.97 Å². The summed E-state index contributed by atoms with van der Waals surface area (Å²) in [5, 5.41) is 36.2. The third kappa shape index (κ3) is 5.58. The van der Waals surface area contributed by atoms with Crippen LogP contribution in [-0.4, -0.2) is 45.7 Å². The Hall–Kier alpha value is -1.79. The number of aliphatic hydroxyl groups is 2. The van der Waals surface area contributed by atoms with Crippen LogP contribution in [0, 0.1) is 0 Å². The Morgan fingerprint density at radius 1 is 1.32 bits per heavy atom. The normalized spacial score (nSPS) is 12.1. The van der Waals surface area contributed by atoms with Gasteiger partial charge in [0.1, 0.15) is 24.2 Å². The van der Waals surface area contributed by atoms with Crippen molar-refractivity contribution in [1.29, 1.82) is 0 Å². The van der Waals surface area contributed by atoms with E-state index in [1.165, 1.54) is 12.1 Å². The highest BCUT2D eigenvalue weighted by Gasteiger charge is 2.08. The average molecular weight is 270 g/mol. The van der Waals surface area contributed by atoms with Crippen LogP contribution in [0.15, 0.2) is 18.2 Å². The Morgan fingerprint density at radius 2 is 2.05 bits per heavy atom. The van der Waals surface area contributed by atoms with E-state index in [9.17, 15) is 9.90 Å². The van der Waals surface area contributed by atoms with Gasteiger partial charge in [-0.2, -0.15) is 0 Å². The van der Waals surface area contributed by atoms with Crippen LogP contribution in [0.1, 0.15) is 18.4 Å². The van der Waals surface area contributed by atoms with Crippen molar-refractivity contribution in [2.45, 2.75) is 25.4 Å². The molecule has 0 radical (unpaired) electrons. The van der Waals surface area contributed by atoms with E-state index in [1.54, 1.807) is 6.07 Å². The van der Waals surface area contributed by atoms with Crippen molar-refractivity contribution >= 4 is 5.97 Å². The number of aliphatic hydroxyl groups excluding tert-OH is 2. The lowest BCUT2D eigenvalue weighted by Gasteiger charge is -2.08. The minimum absolute atomic E-state index is 0.0101. The Kier molecular flexibility index (Phi) is 6.11. The molecule has 1 atom stereocenters. The number of benzene rings is 1. The largest absolute Gasteiger partial charge is 0.508 e. The maximum Gasteiger partial charge on any atom is 0.305 e. The molecule has 4 N–H and O–H groups in total. The van der Waals surface area contributed by atoms with Gasteiger partial charge in [-0.25, -0.2) is 0 Å². The second-order valence-corrected chi connectivity index (χ2v) is 4.19. The molecule has 0 saturated heterocycles. The van der Waals surface area contributed by atoms with Crippen molar-refractivity contribution in [3.8, 4) is 11.5 Å².